The van der Waals surface area contributed by atoms with Crippen molar-refractivity contribution in [2.24, 2.45) is 0 Å². The van der Waals surface area contributed by atoms with Crippen molar-refractivity contribution in [1.29, 1.82) is 0 Å². The third-order valence-electron chi connectivity index (χ3n) is 5.85. The Morgan fingerprint density at radius 1 is 1.11 bits per heavy atom. The van der Waals surface area contributed by atoms with Crippen LogP contribution in [0.15, 0.2) is 24.3 Å². The highest BCUT2D eigenvalue weighted by atomic mass is 16.5. The number of carboxylic acids is 1. The van der Waals surface area contributed by atoms with Gasteiger partial charge in [-0.25, -0.2) is 0 Å². The zero-order valence-corrected chi connectivity index (χ0v) is 17.0. The van der Waals surface area contributed by atoms with E-state index in [0.29, 0.717) is 12.5 Å². The highest BCUT2D eigenvalue weighted by molar-refractivity contribution is 5.85. The number of carbonyl (C=O) groups excluding carboxylic acids is 1. The molecule has 6 heteroatoms. The second-order valence-electron chi connectivity index (χ2n) is 8.24. The molecule has 1 atom stereocenters. The third-order valence-corrected chi connectivity index (χ3v) is 5.85. The van der Waals surface area contributed by atoms with E-state index in [0.717, 1.165) is 50.9 Å². The van der Waals surface area contributed by atoms with Crippen LogP contribution in [0, 0.1) is 0 Å². The van der Waals surface area contributed by atoms with Gasteiger partial charge in [-0.05, 0) is 55.7 Å². The summed E-state index contributed by atoms with van der Waals surface area (Å²) in [5, 5.41) is 9.07. The van der Waals surface area contributed by atoms with Gasteiger partial charge in [0, 0.05) is 19.6 Å². The molecule has 28 heavy (non-hydrogen) atoms. The van der Waals surface area contributed by atoms with E-state index < -0.39 is 5.97 Å². The Hall–Kier alpha value is -2.08. The van der Waals surface area contributed by atoms with Crippen LogP contribution in [0.5, 0.6) is 5.75 Å². The average Bonchev–Trinajstić information content (AvgIpc) is 2.84. The van der Waals surface area contributed by atoms with Crippen LogP contribution < -0.4 is 4.74 Å². The van der Waals surface area contributed by atoms with Gasteiger partial charge in [0.05, 0.1) is 6.04 Å². The number of rotatable bonds is 6. The molecule has 1 aromatic carbocycles. The summed E-state index contributed by atoms with van der Waals surface area (Å²) >= 11 is 0. The Balaban J connectivity index is 1.53. The topological polar surface area (TPSA) is 70.1 Å². The molecule has 0 bridgehead atoms. The van der Waals surface area contributed by atoms with Crippen molar-refractivity contribution in [3.8, 4) is 5.75 Å². The van der Waals surface area contributed by atoms with Gasteiger partial charge in [0.25, 0.3) is 0 Å². The Kier molecular flexibility index (Phi) is 6.94. The van der Waals surface area contributed by atoms with Gasteiger partial charge in [-0.3, -0.25) is 14.5 Å². The maximum absolute atomic E-state index is 12.8. The normalized spacial score (nSPS) is 22.3. The van der Waals surface area contributed by atoms with Gasteiger partial charge in [0.15, 0.2) is 0 Å². The summed E-state index contributed by atoms with van der Waals surface area (Å²) in [7, 11) is 0. The molecule has 0 spiro atoms. The van der Waals surface area contributed by atoms with E-state index in [1.807, 2.05) is 12.1 Å². The first-order valence-electron chi connectivity index (χ1n) is 10.5. The maximum atomic E-state index is 12.8. The highest BCUT2D eigenvalue weighted by Gasteiger charge is 2.34. The Labute approximate surface area is 167 Å². The number of carboxylic acid groups (broad SMARTS) is 1. The van der Waals surface area contributed by atoms with Gasteiger partial charge in [-0.2, -0.15) is 0 Å². The lowest BCUT2D eigenvalue weighted by Crippen LogP contribution is -2.52. The Morgan fingerprint density at radius 2 is 1.79 bits per heavy atom. The van der Waals surface area contributed by atoms with Crippen LogP contribution in [0.3, 0.4) is 0 Å². The summed E-state index contributed by atoms with van der Waals surface area (Å²) in [5.74, 6) is 0.448. The summed E-state index contributed by atoms with van der Waals surface area (Å²) in [5.41, 5.74) is 1.31. The summed E-state index contributed by atoms with van der Waals surface area (Å²) in [6.45, 7) is 6.34. The van der Waals surface area contributed by atoms with Crippen molar-refractivity contribution in [2.75, 3.05) is 26.2 Å². The molecule has 1 unspecified atom stereocenters. The van der Waals surface area contributed by atoms with E-state index in [1.54, 1.807) is 0 Å². The van der Waals surface area contributed by atoms with Gasteiger partial charge >= 0.3 is 5.97 Å². The molecule has 1 amide bonds. The molecular formula is C22H32N2O4. The van der Waals surface area contributed by atoms with Crippen LogP contribution in [0.25, 0.3) is 0 Å². The number of hydrogen-bond donors (Lipinski definition) is 1. The zero-order chi connectivity index (χ0) is 20.1. The molecule has 0 radical (unpaired) electrons. The van der Waals surface area contributed by atoms with Gasteiger partial charge in [0.1, 0.15) is 18.4 Å². The van der Waals surface area contributed by atoms with Crippen molar-refractivity contribution in [1.82, 2.24) is 9.80 Å². The average molecular weight is 389 g/mol. The van der Waals surface area contributed by atoms with E-state index in [4.69, 9.17) is 9.84 Å². The first-order chi connectivity index (χ1) is 13.4. The number of hydrogen-bond acceptors (Lipinski definition) is 4. The molecule has 2 aliphatic rings. The summed E-state index contributed by atoms with van der Waals surface area (Å²) in [4.78, 5) is 27.6. The van der Waals surface area contributed by atoms with E-state index >= 15 is 0 Å². The summed E-state index contributed by atoms with van der Waals surface area (Å²) in [6, 6.07) is 8.14. The van der Waals surface area contributed by atoms with E-state index in [2.05, 4.69) is 30.9 Å². The predicted molar refractivity (Wildman–Crippen MR) is 108 cm³/mol. The molecule has 2 fully saturated rings. The molecule has 0 aromatic heterocycles. The van der Waals surface area contributed by atoms with Crippen LogP contribution >= 0.6 is 0 Å². The molecule has 154 valence electrons. The standard InChI is InChI=1S/C22H32N2O4/c1-16(2)17-6-8-18(9-7-17)28-19-10-13-23(14-11-19)20-5-3-4-12-24(22(20)27)15-21(25)26/h6-9,16,19-20H,3-5,10-15H2,1-2H3,(H,25,26). The molecule has 2 saturated heterocycles. The number of aliphatic carboxylic acids is 1. The predicted octanol–water partition coefficient (Wildman–Crippen LogP) is 3.12. The SMILES string of the molecule is CC(C)c1ccc(OC2CCN(C3CCCCN(CC(=O)O)C3=O)CC2)cc1. The van der Waals surface area contributed by atoms with E-state index in [9.17, 15) is 9.59 Å². The van der Waals surface area contributed by atoms with Crippen LogP contribution in [0.4, 0.5) is 0 Å². The number of ether oxygens (including phenoxy) is 1. The van der Waals surface area contributed by atoms with E-state index in [-0.39, 0.29) is 24.6 Å². The van der Waals surface area contributed by atoms with Crippen LogP contribution in [0.1, 0.15) is 57.4 Å². The Bertz CT molecular complexity index is 666. The highest BCUT2D eigenvalue weighted by Crippen LogP contribution is 2.25. The van der Waals surface area contributed by atoms with Crippen molar-refractivity contribution < 1.29 is 19.4 Å². The largest absolute Gasteiger partial charge is 0.490 e. The number of likely N-dealkylation sites (tertiary alicyclic amines) is 2. The number of carbonyl (C=O) groups is 2. The molecule has 2 heterocycles. The minimum Gasteiger partial charge on any atom is -0.490 e. The van der Waals surface area contributed by atoms with Gasteiger partial charge in [-0.15, -0.1) is 0 Å². The molecule has 0 saturated carbocycles. The lowest BCUT2D eigenvalue weighted by molar-refractivity contribution is -0.146. The minimum absolute atomic E-state index is 0.0245. The monoisotopic (exact) mass is 388 g/mol. The van der Waals surface area contributed by atoms with Crippen molar-refractivity contribution in [2.45, 2.75) is 64.0 Å². The quantitative estimate of drug-likeness (QED) is 0.811. The molecule has 1 N–H and O–H groups in total. The molecule has 0 aliphatic carbocycles. The number of benzene rings is 1. The number of nitrogens with zero attached hydrogens (tertiary/aromatic N) is 2. The smallest absolute Gasteiger partial charge is 0.323 e. The van der Waals surface area contributed by atoms with Gasteiger partial charge in [0.2, 0.25) is 5.91 Å². The summed E-state index contributed by atoms with van der Waals surface area (Å²) in [6.07, 6.45) is 4.59. The second kappa shape index (κ2) is 9.41. The molecule has 1 aromatic rings. The van der Waals surface area contributed by atoms with Crippen LogP contribution in [0.2, 0.25) is 0 Å². The fraction of sp³-hybridized carbons (Fsp3) is 0.636. The van der Waals surface area contributed by atoms with Crippen LogP contribution in [-0.4, -0.2) is 65.1 Å². The number of piperidine rings is 1. The van der Waals surface area contributed by atoms with Gasteiger partial charge in [-0.1, -0.05) is 26.0 Å². The maximum Gasteiger partial charge on any atom is 0.323 e. The van der Waals surface area contributed by atoms with E-state index in [1.165, 1.54) is 10.5 Å². The fourth-order valence-corrected chi connectivity index (χ4v) is 4.17. The number of amides is 1. The second-order valence-corrected chi connectivity index (χ2v) is 8.24. The molecule has 3 rings (SSSR count). The van der Waals surface area contributed by atoms with Crippen molar-refractivity contribution in [3.05, 3.63) is 29.8 Å². The van der Waals surface area contributed by atoms with Crippen LogP contribution in [-0.2, 0) is 9.59 Å². The third kappa shape index (κ3) is 5.25. The first-order valence-corrected chi connectivity index (χ1v) is 10.5. The summed E-state index contributed by atoms with van der Waals surface area (Å²) < 4.78 is 6.15. The zero-order valence-electron chi connectivity index (χ0n) is 17.0. The lowest BCUT2D eigenvalue weighted by atomic mass is 10.0. The van der Waals surface area contributed by atoms with Crippen molar-refractivity contribution >= 4 is 11.9 Å². The minimum atomic E-state index is -0.940. The Morgan fingerprint density at radius 3 is 2.39 bits per heavy atom. The molecule has 2 aliphatic heterocycles. The lowest BCUT2D eigenvalue weighted by Gasteiger charge is -2.37. The fourth-order valence-electron chi connectivity index (χ4n) is 4.17. The molecular weight excluding hydrogens is 356 g/mol. The first kappa shape index (κ1) is 20.6. The van der Waals surface area contributed by atoms with Gasteiger partial charge < -0.3 is 14.7 Å². The molecule has 6 nitrogen and oxygen atoms in total. The van der Waals surface area contributed by atoms with Crippen molar-refractivity contribution in [3.63, 3.8) is 0 Å².